The summed E-state index contributed by atoms with van der Waals surface area (Å²) in [5.74, 6) is 0.115. The topological polar surface area (TPSA) is 49.9 Å². The summed E-state index contributed by atoms with van der Waals surface area (Å²) in [5.41, 5.74) is 7.49. The molecule has 0 aliphatic carbocycles. The maximum Gasteiger partial charge on any atom is 0.0565 e. The van der Waals surface area contributed by atoms with Crippen molar-refractivity contribution in [2.24, 2.45) is 5.92 Å². The summed E-state index contributed by atoms with van der Waals surface area (Å²) in [6, 6.07) is 3.53. The summed E-state index contributed by atoms with van der Waals surface area (Å²) in [7, 11) is 0. The van der Waals surface area contributed by atoms with Crippen LogP contribution in [0.25, 0.3) is 0 Å². The smallest absolute Gasteiger partial charge is 0.0565 e. The van der Waals surface area contributed by atoms with Gasteiger partial charge in [0.05, 0.1) is 10.7 Å². The van der Waals surface area contributed by atoms with E-state index in [4.69, 9.17) is 22.7 Å². The fraction of sp³-hybridized carbons (Fsp3) is 0.300. The van der Waals surface area contributed by atoms with E-state index < -0.39 is 0 Å². The van der Waals surface area contributed by atoms with E-state index in [9.17, 15) is 0 Å². The molecule has 0 aliphatic heterocycles. The first-order valence-corrected chi connectivity index (χ1v) is 5.44. The summed E-state index contributed by atoms with van der Waals surface area (Å²) in [6.45, 7) is 3.89. The van der Waals surface area contributed by atoms with E-state index in [1.54, 1.807) is 12.1 Å². The van der Waals surface area contributed by atoms with Crippen molar-refractivity contribution in [1.29, 1.82) is 5.41 Å². The minimum atomic E-state index is 0.115. The molecule has 76 valence electrons. The van der Waals surface area contributed by atoms with Gasteiger partial charge < -0.3 is 11.1 Å². The molecule has 1 aromatic carbocycles. The van der Waals surface area contributed by atoms with Crippen molar-refractivity contribution in [2.45, 2.75) is 13.8 Å². The van der Waals surface area contributed by atoms with Crippen LogP contribution in [0.2, 0.25) is 5.02 Å². The molecule has 0 bridgehead atoms. The Kier molecular flexibility index (Phi) is 3.56. The maximum absolute atomic E-state index is 7.88. The SMILES string of the molecule is CC(C)C(=N)c1c(Cl)ccc(Br)c1N. The number of anilines is 1. The highest BCUT2D eigenvalue weighted by atomic mass is 79.9. The van der Waals surface area contributed by atoms with Crippen LogP contribution in [0, 0.1) is 11.3 Å². The van der Waals surface area contributed by atoms with Crippen LogP contribution in [0.15, 0.2) is 16.6 Å². The number of halogens is 2. The average molecular weight is 276 g/mol. The third-order valence-electron chi connectivity index (χ3n) is 1.99. The predicted octanol–water partition coefficient (Wildman–Crippen LogP) is 3.71. The number of hydrogen-bond donors (Lipinski definition) is 2. The van der Waals surface area contributed by atoms with Crippen molar-refractivity contribution in [3.63, 3.8) is 0 Å². The molecule has 1 rings (SSSR count). The summed E-state index contributed by atoms with van der Waals surface area (Å²) in [6.07, 6.45) is 0. The monoisotopic (exact) mass is 274 g/mol. The van der Waals surface area contributed by atoms with Gasteiger partial charge in [-0.25, -0.2) is 0 Å². The first kappa shape index (κ1) is 11.5. The van der Waals surface area contributed by atoms with Gasteiger partial charge in [-0.2, -0.15) is 0 Å². The molecule has 0 saturated heterocycles. The molecule has 0 aliphatic rings. The van der Waals surface area contributed by atoms with Gasteiger partial charge in [-0.3, -0.25) is 0 Å². The van der Waals surface area contributed by atoms with Crippen LogP contribution < -0.4 is 5.73 Å². The predicted molar refractivity (Wildman–Crippen MR) is 65.2 cm³/mol. The van der Waals surface area contributed by atoms with Gasteiger partial charge >= 0.3 is 0 Å². The summed E-state index contributed by atoms with van der Waals surface area (Å²) in [4.78, 5) is 0. The number of benzene rings is 1. The van der Waals surface area contributed by atoms with E-state index in [-0.39, 0.29) is 5.92 Å². The van der Waals surface area contributed by atoms with E-state index in [1.807, 2.05) is 13.8 Å². The lowest BCUT2D eigenvalue weighted by Gasteiger charge is -2.13. The number of nitrogen functional groups attached to an aromatic ring is 1. The van der Waals surface area contributed by atoms with E-state index in [0.29, 0.717) is 22.0 Å². The lowest BCUT2D eigenvalue weighted by molar-refractivity contribution is 0.878. The molecular weight excluding hydrogens is 263 g/mol. The van der Waals surface area contributed by atoms with Crippen molar-refractivity contribution in [3.8, 4) is 0 Å². The highest BCUT2D eigenvalue weighted by molar-refractivity contribution is 9.10. The number of nitrogens with two attached hydrogens (primary N) is 1. The van der Waals surface area contributed by atoms with Crippen LogP contribution in [0.4, 0.5) is 5.69 Å². The van der Waals surface area contributed by atoms with Gasteiger partial charge in [-0.1, -0.05) is 25.4 Å². The summed E-state index contributed by atoms with van der Waals surface area (Å²) < 4.78 is 0.780. The van der Waals surface area contributed by atoms with Gasteiger partial charge in [0.1, 0.15) is 0 Å². The molecule has 0 spiro atoms. The Hall–Kier alpha value is -0.540. The average Bonchev–Trinajstić information content (AvgIpc) is 2.12. The highest BCUT2D eigenvalue weighted by Crippen LogP contribution is 2.31. The number of hydrogen-bond acceptors (Lipinski definition) is 2. The van der Waals surface area contributed by atoms with Crippen LogP contribution in [-0.2, 0) is 0 Å². The van der Waals surface area contributed by atoms with E-state index in [2.05, 4.69) is 15.9 Å². The molecule has 0 amide bonds. The molecule has 0 heterocycles. The fourth-order valence-electron chi connectivity index (χ4n) is 1.13. The minimum Gasteiger partial charge on any atom is -0.397 e. The van der Waals surface area contributed by atoms with Crippen molar-refractivity contribution in [3.05, 3.63) is 27.2 Å². The molecule has 4 heteroatoms. The largest absolute Gasteiger partial charge is 0.397 e. The Balaban J connectivity index is 3.33. The second-order valence-electron chi connectivity index (χ2n) is 3.39. The third-order valence-corrected chi connectivity index (χ3v) is 2.99. The molecule has 3 N–H and O–H groups in total. The first-order valence-electron chi connectivity index (χ1n) is 4.27. The zero-order valence-corrected chi connectivity index (χ0v) is 10.4. The normalized spacial score (nSPS) is 10.6. The van der Waals surface area contributed by atoms with Crippen LogP contribution >= 0.6 is 27.5 Å². The summed E-state index contributed by atoms with van der Waals surface area (Å²) >= 11 is 9.32. The number of nitrogens with one attached hydrogen (secondary N) is 1. The van der Waals surface area contributed by atoms with Crippen LogP contribution in [-0.4, -0.2) is 5.71 Å². The van der Waals surface area contributed by atoms with Crippen molar-refractivity contribution < 1.29 is 0 Å². The van der Waals surface area contributed by atoms with Gasteiger partial charge in [0, 0.05) is 15.7 Å². The Morgan fingerprint density at radius 2 is 2.07 bits per heavy atom. The van der Waals surface area contributed by atoms with Crippen molar-refractivity contribution >= 4 is 38.9 Å². The van der Waals surface area contributed by atoms with Gasteiger partial charge in [0.25, 0.3) is 0 Å². The van der Waals surface area contributed by atoms with Gasteiger partial charge in [-0.05, 0) is 34.0 Å². The lowest BCUT2D eigenvalue weighted by atomic mass is 9.99. The van der Waals surface area contributed by atoms with E-state index >= 15 is 0 Å². The Morgan fingerprint density at radius 3 is 2.57 bits per heavy atom. The molecule has 2 nitrogen and oxygen atoms in total. The zero-order valence-electron chi connectivity index (χ0n) is 8.07. The molecule has 0 atom stereocenters. The molecular formula is C10H12BrClN2. The molecule has 0 unspecified atom stereocenters. The zero-order chi connectivity index (χ0) is 10.9. The quantitative estimate of drug-likeness (QED) is 0.627. The molecule has 1 aromatic rings. The maximum atomic E-state index is 7.88. The van der Waals surface area contributed by atoms with E-state index in [0.717, 1.165) is 4.47 Å². The molecule has 0 radical (unpaired) electrons. The summed E-state index contributed by atoms with van der Waals surface area (Å²) in [5, 5.41) is 8.41. The molecule has 0 saturated carbocycles. The Labute approximate surface area is 97.1 Å². The first-order chi connectivity index (χ1) is 6.45. The standard InChI is InChI=1S/C10H12BrClN2/c1-5(2)9(13)8-7(12)4-3-6(11)10(8)14/h3-5,13H,14H2,1-2H3. The van der Waals surface area contributed by atoms with Gasteiger partial charge in [0.15, 0.2) is 0 Å². The van der Waals surface area contributed by atoms with Crippen LogP contribution in [0.1, 0.15) is 19.4 Å². The molecule has 14 heavy (non-hydrogen) atoms. The van der Waals surface area contributed by atoms with Gasteiger partial charge in [0.2, 0.25) is 0 Å². The number of rotatable bonds is 2. The molecule has 0 aromatic heterocycles. The van der Waals surface area contributed by atoms with Crippen molar-refractivity contribution in [1.82, 2.24) is 0 Å². The molecule has 0 fully saturated rings. The van der Waals surface area contributed by atoms with Crippen LogP contribution in [0.5, 0.6) is 0 Å². The Bertz CT molecular complexity index is 375. The van der Waals surface area contributed by atoms with Crippen molar-refractivity contribution in [2.75, 3.05) is 5.73 Å². The van der Waals surface area contributed by atoms with E-state index in [1.165, 1.54) is 0 Å². The lowest BCUT2D eigenvalue weighted by Crippen LogP contribution is -2.11. The van der Waals surface area contributed by atoms with Crippen LogP contribution in [0.3, 0.4) is 0 Å². The Morgan fingerprint density at radius 1 is 1.50 bits per heavy atom. The second-order valence-corrected chi connectivity index (χ2v) is 4.65. The van der Waals surface area contributed by atoms with Gasteiger partial charge in [-0.15, -0.1) is 0 Å². The second kappa shape index (κ2) is 4.32. The highest BCUT2D eigenvalue weighted by Gasteiger charge is 2.15. The third kappa shape index (κ3) is 2.10. The minimum absolute atomic E-state index is 0.115. The fourth-order valence-corrected chi connectivity index (χ4v) is 1.73.